The van der Waals surface area contributed by atoms with E-state index in [0.29, 0.717) is 12.1 Å². The molecule has 2 rings (SSSR count). The van der Waals surface area contributed by atoms with E-state index in [0.717, 1.165) is 28.7 Å². The van der Waals surface area contributed by atoms with Crippen LogP contribution in [0.15, 0.2) is 16.7 Å². The Morgan fingerprint density at radius 3 is 3.00 bits per heavy atom. The number of aromatic nitrogens is 1. The maximum absolute atomic E-state index is 5.45. The predicted molar refractivity (Wildman–Crippen MR) is 68.7 cm³/mol. The average molecular weight is 285 g/mol. The van der Waals surface area contributed by atoms with Gasteiger partial charge in [0.2, 0.25) is 0 Å². The Morgan fingerprint density at radius 1 is 1.50 bits per heavy atom. The Kier molecular flexibility index (Phi) is 3.82. The SMILES string of the molecule is COC1CCCC1Nc1ncc(C)cc1Br. The molecular weight excluding hydrogens is 268 g/mol. The first kappa shape index (κ1) is 11.9. The average Bonchev–Trinajstić information content (AvgIpc) is 2.69. The van der Waals surface area contributed by atoms with Crippen LogP contribution >= 0.6 is 15.9 Å². The number of nitrogens with zero attached hydrogens (tertiary/aromatic N) is 1. The zero-order valence-electron chi connectivity index (χ0n) is 9.66. The third-order valence-electron chi connectivity index (χ3n) is 3.06. The summed E-state index contributed by atoms with van der Waals surface area (Å²) in [5.74, 6) is 0.916. The Hall–Kier alpha value is -0.610. The van der Waals surface area contributed by atoms with E-state index in [-0.39, 0.29) is 0 Å². The largest absolute Gasteiger partial charge is 0.379 e. The lowest BCUT2D eigenvalue weighted by atomic mass is 10.2. The van der Waals surface area contributed by atoms with E-state index >= 15 is 0 Å². The molecule has 1 N–H and O–H groups in total. The molecular formula is C12H17BrN2O. The van der Waals surface area contributed by atoms with Crippen molar-refractivity contribution in [1.82, 2.24) is 4.98 Å². The summed E-state index contributed by atoms with van der Waals surface area (Å²) in [5, 5.41) is 3.45. The van der Waals surface area contributed by atoms with Crippen LogP contribution in [0.4, 0.5) is 5.82 Å². The fraction of sp³-hybridized carbons (Fsp3) is 0.583. The van der Waals surface area contributed by atoms with Crippen LogP contribution < -0.4 is 5.32 Å². The van der Waals surface area contributed by atoms with Crippen molar-refractivity contribution < 1.29 is 4.74 Å². The molecule has 1 saturated carbocycles. The Morgan fingerprint density at radius 2 is 2.31 bits per heavy atom. The van der Waals surface area contributed by atoms with Gasteiger partial charge in [0, 0.05) is 13.3 Å². The maximum atomic E-state index is 5.45. The first-order valence-electron chi connectivity index (χ1n) is 5.62. The Labute approximate surface area is 105 Å². The number of anilines is 1. The number of pyridine rings is 1. The number of methoxy groups -OCH3 is 1. The van der Waals surface area contributed by atoms with Crippen LogP contribution in [0.2, 0.25) is 0 Å². The highest BCUT2D eigenvalue weighted by molar-refractivity contribution is 9.10. The molecule has 16 heavy (non-hydrogen) atoms. The molecule has 1 aliphatic carbocycles. The summed E-state index contributed by atoms with van der Waals surface area (Å²) in [6.07, 6.45) is 5.71. The van der Waals surface area contributed by atoms with Gasteiger partial charge in [-0.25, -0.2) is 4.98 Å². The van der Waals surface area contributed by atoms with Crippen LogP contribution in [-0.2, 0) is 4.74 Å². The van der Waals surface area contributed by atoms with Crippen molar-refractivity contribution in [2.45, 2.75) is 38.3 Å². The molecule has 0 amide bonds. The lowest BCUT2D eigenvalue weighted by Gasteiger charge is -2.20. The fourth-order valence-corrected chi connectivity index (χ4v) is 2.77. The van der Waals surface area contributed by atoms with E-state index in [1.165, 1.54) is 6.42 Å². The summed E-state index contributed by atoms with van der Waals surface area (Å²) >= 11 is 3.53. The molecule has 0 saturated heterocycles. The molecule has 1 aromatic heterocycles. The second-order valence-corrected chi connectivity index (χ2v) is 5.15. The van der Waals surface area contributed by atoms with Crippen LogP contribution in [-0.4, -0.2) is 24.2 Å². The highest BCUT2D eigenvalue weighted by Gasteiger charge is 2.27. The van der Waals surface area contributed by atoms with Crippen molar-refractivity contribution in [1.29, 1.82) is 0 Å². The zero-order valence-corrected chi connectivity index (χ0v) is 11.3. The van der Waals surface area contributed by atoms with Gasteiger partial charge >= 0.3 is 0 Å². The lowest BCUT2D eigenvalue weighted by molar-refractivity contribution is 0.101. The van der Waals surface area contributed by atoms with Crippen molar-refractivity contribution in [2.24, 2.45) is 0 Å². The van der Waals surface area contributed by atoms with E-state index in [4.69, 9.17) is 4.74 Å². The number of hydrogen-bond acceptors (Lipinski definition) is 3. The number of rotatable bonds is 3. The van der Waals surface area contributed by atoms with Gasteiger partial charge in [0.25, 0.3) is 0 Å². The van der Waals surface area contributed by atoms with Gasteiger partial charge in [-0.15, -0.1) is 0 Å². The molecule has 0 bridgehead atoms. The molecule has 88 valence electrons. The fourth-order valence-electron chi connectivity index (χ4n) is 2.19. The standard InChI is InChI=1S/C12H17BrN2O/c1-8-6-9(13)12(14-7-8)15-10-4-3-5-11(10)16-2/h6-7,10-11H,3-5H2,1-2H3,(H,14,15). The second-order valence-electron chi connectivity index (χ2n) is 4.30. The molecule has 0 aliphatic heterocycles. The van der Waals surface area contributed by atoms with Gasteiger partial charge < -0.3 is 10.1 Å². The third kappa shape index (κ3) is 2.55. The monoisotopic (exact) mass is 284 g/mol. The minimum atomic E-state index is 0.315. The number of aryl methyl sites for hydroxylation is 1. The summed E-state index contributed by atoms with van der Waals surface area (Å²) < 4.78 is 6.48. The van der Waals surface area contributed by atoms with Crippen molar-refractivity contribution in [3.63, 3.8) is 0 Å². The van der Waals surface area contributed by atoms with Gasteiger partial charge in [-0.05, 0) is 53.7 Å². The van der Waals surface area contributed by atoms with E-state index in [1.807, 2.05) is 13.1 Å². The van der Waals surface area contributed by atoms with Gasteiger partial charge in [-0.3, -0.25) is 0 Å². The molecule has 4 heteroatoms. The molecule has 0 radical (unpaired) electrons. The summed E-state index contributed by atoms with van der Waals surface area (Å²) in [4.78, 5) is 4.40. The highest BCUT2D eigenvalue weighted by Crippen LogP contribution is 2.27. The quantitative estimate of drug-likeness (QED) is 0.926. The molecule has 2 atom stereocenters. The lowest BCUT2D eigenvalue weighted by Crippen LogP contribution is -2.30. The molecule has 1 aliphatic rings. The molecule has 3 nitrogen and oxygen atoms in total. The summed E-state index contributed by atoms with van der Waals surface area (Å²) in [5.41, 5.74) is 1.16. The van der Waals surface area contributed by atoms with Gasteiger partial charge in [0.1, 0.15) is 5.82 Å². The minimum absolute atomic E-state index is 0.315. The van der Waals surface area contributed by atoms with E-state index in [2.05, 4.69) is 32.3 Å². The van der Waals surface area contributed by atoms with Crippen LogP contribution in [0.1, 0.15) is 24.8 Å². The number of hydrogen-bond donors (Lipinski definition) is 1. The Bertz CT molecular complexity index is 370. The van der Waals surface area contributed by atoms with Crippen LogP contribution in [0.5, 0.6) is 0 Å². The first-order valence-corrected chi connectivity index (χ1v) is 6.41. The smallest absolute Gasteiger partial charge is 0.140 e. The van der Waals surface area contributed by atoms with Crippen molar-refractivity contribution >= 4 is 21.7 Å². The molecule has 0 aromatic carbocycles. The van der Waals surface area contributed by atoms with Crippen LogP contribution in [0.25, 0.3) is 0 Å². The zero-order chi connectivity index (χ0) is 11.5. The van der Waals surface area contributed by atoms with Crippen LogP contribution in [0, 0.1) is 6.92 Å². The highest BCUT2D eigenvalue weighted by atomic mass is 79.9. The second kappa shape index (κ2) is 5.15. The third-order valence-corrected chi connectivity index (χ3v) is 3.66. The van der Waals surface area contributed by atoms with E-state index in [9.17, 15) is 0 Å². The van der Waals surface area contributed by atoms with Gasteiger partial charge in [-0.1, -0.05) is 0 Å². The van der Waals surface area contributed by atoms with E-state index in [1.54, 1.807) is 7.11 Å². The predicted octanol–water partition coefficient (Wildman–Crippen LogP) is 3.13. The normalized spacial score (nSPS) is 24.7. The van der Waals surface area contributed by atoms with Gasteiger partial charge in [-0.2, -0.15) is 0 Å². The summed E-state index contributed by atoms with van der Waals surface area (Å²) in [7, 11) is 1.78. The van der Waals surface area contributed by atoms with Gasteiger partial charge in [0.05, 0.1) is 16.6 Å². The number of nitrogens with one attached hydrogen (secondary N) is 1. The van der Waals surface area contributed by atoms with Crippen molar-refractivity contribution in [3.8, 4) is 0 Å². The molecule has 1 heterocycles. The van der Waals surface area contributed by atoms with Crippen molar-refractivity contribution in [3.05, 3.63) is 22.3 Å². The minimum Gasteiger partial charge on any atom is -0.379 e. The molecule has 1 aromatic rings. The molecule has 1 fully saturated rings. The topological polar surface area (TPSA) is 34.1 Å². The van der Waals surface area contributed by atoms with Crippen molar-refractivity contribution in [2.75, 3.05) is 12.4 Å². The summed E-state index contributed by atoms with van der Waals surface area (Å²) in [6.45, 7) is 2.04. The number of halogens is 1. The van der Waals surface area contributed by atoms with Crippen LogP contribution in [0.3, 0.4) is 0 Å². The molecule has 2 unspecified atom stereocenters. The van der Waals surface area contributed by atoms with Gasteiger partial charge in [0.15, 0.2) is 0 Å². The number of ether oxygens (including phenoxy) is 1. The maximum Gasteiger partial charge on any atom is 0.140 e. The summed E-state index contributed by atoms with van der Waals surface area (Å²) in [6, 6.07) is 2.46. The Balaban J connectivity index is 2.08. The first-order chi connectivity index (χ1) is 7.70. The molecule has 0 spiro atoms. The van der Waals surface area contributed by atoms with E-state index < -0.39 is 0 Å².